The van der Waals surface area contributed by atoms with E-state index in [0.29, 0.717) is 18.4 Å². The minimum absolute atomic E-state index is 0.109. The van der Waals surface area contributed by atoms with E-state index in [0.717, 1.165) is 12.8 Å². The van der Waals surface area contributed by atoms with Gasteiger partial charge in [-0.2, -0.15) is 57.1 Å². The Balaban J connectivity index is 3.14. The lowest BCUT2D eigenvalue weighted by Crippen LogP contribution is -2.70. The first kappa shape index (κ1) is 34.8. The van der Waals surface area contributed by atoms with Crippen molar-refractivity contribution in [2.24, 2.45) is 0 Å². The molecule has 0 aromatic heterocycles. The van der Waals surface area contributed by atoms with E-state index in [1.165, 1.54) is 24.3 Å². The van der Waals surface area contributed by atoms with Crippen LogP contribution in [0.5, 0.6) is 0 Å². The Morgan fingerprint density at radius 1 is 0.718 bits per heavy atom. The van der Waals surface area contributed by atoms with Crippen LogP contribution in [0.4, 0.5) is 57.1 Å². The molecular weight excluding hydrogens is 569 g/mol. The third-order valence-corrected chi connectivity index (χ3v) is 5.63. The van der Waals surface area contributed by atoms with Crippen LogP contribution >= 0.6 is 0 Å². The van der Waals surface area contributed by atoms with Crippen molar-refractivity contribution >= 4 is 5.91 Å². The van der Waals surface area contributed by atoms with E-state index >= 15 is 0 Å². The summed E-state index contributed by atoms with van der Waals surface area (Å²) in [7, 11) is 0. The molecule has 0 fully saturated rings. The van der Waals surface area contributed by atoms with Crippen LogP contribution in [0.25, 0.3) is 0 Å². The molecule has 0 heterocycles. The van der Waals surface area contributed by atoms with Crippen molar-refractivity contribution in [3.63, 3.8) is 0 Å². The van der Waals surface area contributed by atoms with Gasteiger partial charge >= 0.3 is 35.8 Å². The zero-order chi connectivity index (χ0) is 30.3. The smallest absolute Gasteiger partial charge is 0.273 e. The molecule has 0 aliphatic carbocycles. The predicted octanol–water partition coefficient (Wildman–Crippen LogP) is 8.44. The maximum absolute atomic E-state index is 14.2. The van der Waals surface area contributed by atoms with Crippen molar-refractivity contribution in [2.75, 3.05) is 6.54 Å². The van der Waals surface area contributed by atoms with Crippen LogP contribution in [0, 0.1) is 0 Å². The minimum atomic E-state index is -7.97. The average Bonchev–Trinajstić information content (AvgIpc) is 2.83. The van der Waals surface area contributed by atoms with Crippen molar-refractivity contribution in [1.29, 1.82) is 0 Å². The van der Waals surface area contributed by atoms with E-state index in [2.05, 4.69) is 0 Å². The van der Waals surface area contributed by atoms with Gasteiger partial charge in [0.1, 0.15) is 6.61 Å². The number of carbonyl (C=O) groups excluding carboxylic acids is 1. The number of hydroxylamine groups is 2. The molecular formula is C23H26F13NO2. The lowest BCUT2D eigenvalue weighted by molar-refractivity contribution is -0.440. The monoisotopic (exact) mass is 595 g/mol. The Morgan fingerprint density at radius 3 is 1.74 bits per heavy atom. The summed E-state index contributed by atoms with van der Waals surface area (Å²) in [5, 5.41) is 0.109. The number of alkyl halides is 13. The van der Waals surface area contributed by atoms with Gasteiger partial charge in [0.15, 0.2) is 0 Å². The van der Waals surface area contributed by atoms with Crippen molar-refractivity contribution in [3.8, 4) is 0 Å². The van der Waals surface area contributed by atoms with Gasteiger partial charge < -0.3 is 0 Å². The highest BCUT2D eigenvalue weighted by Gasteiger charge is 2.90. The summed E-state index contributed by atoms with van der Waals surface area (Å²) in [5.74, 6) is -38.4. The van der Waals surface area contributed by atoms with E-state index in [4.69, 9.17) is 4.84 Å². The summed E-state index contributed by atoms with van der Waals surface area (Å²) >= 11 is 0. The Hall–Kier alpha value is -2.26. The van der Waals surface area contributed by atoms with Crippen LogP contribution in [0.2, 0.25) is 0 Å². The minimum Gasteiger partial charge on any atom is -0.273 e. The summed E-state index contributed by atoms with van der Waals surface area (Å²) in [5.41, 5.74) is 0.343. The molecule has 0 unspecified atom stereocenters. The zero-order valence-electron chi connectivity index (χ0n) is 20.4. The van der Waals surface area contributed by atoms with E-state index < -0.39 is 61.3 Å². The average molecular weight is 595 g/mol. The Morgan fingerprint density at radius 2 is 1.23 bits per heavy atom. The van der Waals surface area contributed by atoms with Crippen molar-refractivity contribution in [2.45, 2.75) is 94.3 Å². The lowest BCUT2D eigenvalue weighted by Gasteiger charge is -2.40. The standard InChI is InChI=1S/C23H26F13NO2/c1-2-3-4-5-9-12-17(38)37(39-15-16-10-7-6-8-11-16)14-13-18(24,25)19(26,27)20(28,29)21(30,31)22(32,33)23(34,35)36/h6-8,10-11H,2-5,9,12-15H2,1H3. The fraction of sp³-hybridized carbons (Fsp3) is 0.696. The molecule has 1 rings (SSSR count). The number of benzene rings is 1. The highest BCUT2D eigenvalue weighted by molar-refractivity contribution is 5.75. The molecule has 0 radical (unpaired) electrons. The first-order valence-electron chi connectivity index (χ1n) is 11.6. The number of rotatable bonds is 16. The maximum Gasteiger partial charge on any atom is 0.460 e. The van der Waals surface area contributed by atoms with Crippen LogP contribution in [-0.4, -0.2) is 53.3 Å². The molecule has 0 N–H and O–H groups in total. The molecule has 0 aliphatic heterocycles. The number of amides is 1. The second-order valence-electron chi connectivity index (χ2n) is 8.67. The summed E-state index contributed by atoms with van der Waals surface area (Å²) in [6.07, 6.45) is -7.38. The fourth-order valence-electron chi connectivity index (χ4n) is 3.19. The Kier molecular flexibility index (Phi) is 11.5. The first-order chi connectivity index (χ1) is 17.7. The summed E-state index contributed by atoms with van der Waals surface area (Å²) in [4.78, 5) is 17.5. The van der Waals surface area contributed by atoms with Crippen LogP contribution in [0.1, 0.15) is 57.4 Å². The SMILES string of the molecule is CCCCCCCC(=O)N(CCC(F)(F)C(F)(F)C(F)(F)C(F)(F)C(F)(F)C(F)(F)F)OCc1ccccc1. The molecule has 0 saturated heterocycles. The normalized spacial score (nSPS) is 14.0. The fourth-order valence-corrected chi connectivity index (χ4v) is 3.19. The molecule has 1 aromatic carbocycles. The number of nitrogens with zero attached hydrogens (tertiary/aromatic N) is 1. The van der Waals surface area contributed by atoms with E-state index in [1.54, 1.807) is 6.07 Å². The van der Waals surface area contributed by atoms with Gasteiger partial charge in [-0.05, 0) is 12.0 Å². The molecule has 0 aliphatic rings. The molecule has 0 atom stereocenters. The number of unbranched alkanes of at least 4 members (excludes halogenated alkanes) is 4. The highest BCUT2D eigenvalue weighted by atomic mass is 19.4. The van der Waals surface area contributed by atoms with Gasteiger partial charge in [-0.25, -0.2) is 5.06 Å². The van der Waals surface area contributed by atoms with E-state index in [9.17, 15) is 61.9 Å². The third-order valence-electron chi connectivity index (χ3n) is 5.63. The van der Waals surface area contributed by atoms with Gasteiger partial charge in [0.05, 0.1) is 6.54 Å². The van der Waals surface area contributed by atoms with Gasteiger partial charge in [-0.3, -0.25) is 9.63 Å². The summed E-state index contributed by atoms with van der Waals surface area (Å²) in [6, 6.07) is 7.47. The van der Waals surface area contributed by atoms with Crippen LogP contribution in [-0.2, 0) is 16.2 Å². The molecule has 1 aromatic rings. The van der Waals surface area contributed by atoms with E-state index in [-0.39, 0.29) is 17.9 Å². The number of halogens is 13. The number of hydrogen-bond donors (Lipinski definition) is 0. The predicted molar refractivity (Wildman–Crippen MR) is 112 cm³/mol. The Bertz CT molecular complexity index is 905. The molecule has 3 nitrogen and oxygen atoms in total. The first-order valence-corrected chi connectivity index (χ1v) is 11.6. The quantitative estimate of drug-likeness (QED) is 0.109. The molecule has 1 amide bonds. The number of carbonyl (C=O) groups is 1. The second-order valence-corrected chi connectivity index (χ2v) is 8.67. The lowest BCUT2D eigenvalue weighted by atomic mass is 9.92. The maximum atomic E-state index is 14.2. The van der Waals surface area contributed by atoms with Gasteiger partial charge in [-0.15, -0.1) is 0 Å². The highest BCUT2D eigenvalue weighted by Crippen LogP contribution is 2.60. The van der Waals surface area contributed by atoms with Gasteiger partial charge in [0, 0.05) is 12.8 Å². The van der Waals surface area contributed by atoms with Crippen LogP contribution < -0.4 is 0 Å². The molecule has 0 bridgehead atoms. The molecule has 39 heavy (non-hydrogen) atoms. The molecule has 226 valence electrons. The van der Waals surface area contributed by atoms with Gasteiger partial charge in [-0.1, -0.05) is 62.9 Å². The van der Waals surface area contributed by atoms with Crippen molar-refractivity contribution in [1.82, 2.24) is 5.06 Å². The zero-order valence-corrected chi connectivity index (χ0v) is 20.4. The van der Waals surface area contributed by atoms with Crippen LogP contribution in [0.15, 0.2) is 30.3 Å². The third kappa shape index (κ3) is 7.69. The van der Waals surface area contributed by atoms with Crippen molar-refractivity contribution < 1.29 is 66.7 Å². The number of hydrogen-bond acceptors (Lipinski definition) is 2. The summed E-state index contributed by atoms with van der Waals surface area (Å²) < 4.78 is 173. The molecule has 0 saturated carbocycles. The van der Waals surface area contributed by atoms with Gasteiger partial charge in [0.25, 0.3) is 0 Å². The molecule has 16 heteroatoms. The summed E-state index contributed by atoms with van der Waals surface area (Å²) in [6.45, 7) is -0.221. The van der Waals surface area contributed by atoms with Gasteiger partial charge in [0.2, 0.25) is 5.91 Å². The topological polar surface area (TPSA) is 29.5 Å². The Labute approximate surface area is 215 Å². The van der Waals surface area contributed by atoms with E-state index in [1.807, 2.05) is 6.92 Å². The van der Waals surface area contributed by atoms with Crippen molar-refractivity contribution in [3.05, 3.63) is 35.9 Å². The second kappa shape index (κ2) is 12.9. The van der Waals surface area contributed by atoms with Crippen LogP contribution in [0.3, 0.4) is 0 Å². The molecule has 0 spiro atoms. The largest absolute Gasteiger partial charge is 0.460 e.